The number of nitrogens with two attached hydrogens (primary N) is 1. The molecule has 1 heteroatoms. The van der Waals surface area contributed by atoms with Crippen LogP contribution in [0.5, 0.6) is 0 Å². The summed E-state index contributed by atoms with van der Waals surface area (Å²) in [6.45, 7) is 2.49. The monoisotopic (exact) mass is 217 g/mol. The van der Waals surface area contributed by atoms with Crippen LogP contribution >= 0.6 is 0 Å². The van der Waals surface area contributed by atoms with Crippen molar-refractivity contribution >= 4 is 0 Å². The predicted molar refractivity (Wildman–Crippen MR) is 66.6 cm³/mol. The van der Waals surface area contributed by atoms with Crippen molar-refractivity contribution in [3.63, 3.8) is 0 Å². The summed E-state index contributed by atoms with van der Waals surface area (Å²) in [6, 6.07) is 0.253. The second kappa shape index (κ2) is 3.26. The predicted octanol–water partition coefficient (Wildman–Crippen LogP) is 2.94. The fourth-order valence-electron chi connectivity index (χ4n) is 5.58. The van der Waals surface area contributed by atoms with Gasteiger partial charge in [0.15, 0.2) is 0 Å². The highest BCUT2D eigenvalue weighted by atomic mass is 14.7. The Morgan fingerprint density at radius 1 is 1.31 bits per heavy atom. The zero-order chi connectivity index (χ0) is 11.4. The zero-order valence-electron chi connectivity index (χ0n) is 10.3. The number of rotatable bonds is 2. The van der Waals surface area contributed by atoms with Crippen LogP contribution in [0.3, 0.4) is 0 Å². The average Bonchev–Trinajstić information content (AvgIpc) is 2.13. The van der Waals surface area contributed by atoms with Crippen LogP contribution in [0.25, 0.3) is 0 Å². The lowest BCUT2D eigenvalue weighted by molar-refractivity contribution is -0.112. The Labute approximate surface area is 99.2 Å². The molecule has 16 heavy (non-hydrogen) atoms. The minimum absolute atomic E-state index is 0.253. The third kappa shape index (κ3) is 1.43. The Bertz CT molecular complexity index is 324. The van der Waals surface area contributed by atoms with Crippen LogP contribution in [-0.2, 0) is 0 Å². The molecule has 3 atom stereocenters. The first-order chi connectivity index (χ1) is 7.55. The van der Waals surface area contributed by atoms with Gasteiger partial charge in [0.05, 0.1) is 0 Å². The maximum absolute atomic E-state index is 6.40. The van der Waals surface area contributed by atoms with Crippen molar-refractivity contribution in [1.82, 2.24) is 0 Å². The zero-order valence-corrected chi connectivity index (χ0v) is 10.3. The topological polar surface area (TPSA) is 26.0 Å². The van der Waals surface area contributed by atoms with E-state index in [-0.39, 0.29) is 6.04 Å². The molecule has 0 spiro atoms. The van der Waals surface area contributed by atoms with Crippen molar-refractivity contribution in [2.75, 3.05) is 0 Å². The lowest BCUT2D eigenvalue weighted by Gasteiger charge is -2.63. The molecule has 0 heterocycles. The first-order valence-electron chi connectivity index (χ1n) is 6.74. The average molecular weight is 217 g/mol. The molecule has 4 saturated carbocycles. The third-order valence-electron chi connectivity index (χ3n) is 5.52. The first kappa shape index (κ1) is 10.7. The van der Waals surface area contributed by atoms with E-state index in [1.54, 1.807) is 0 Å². The van der Waals surface area contributed by atoms with Gasteiger partial charge in [-0.25, -0.2) is 0 Å². The number of terminal acetylenes is 1. The highest BCUT2D eigenvalue weighted by molar-refractivity contribution is 5.11. The summed E-state index contributed by atoms with van der Waals surface area (Å²) in [5, 5.41) is 0. The maximum atomic E-state index is 6.40. The van der Waals surface area contributed by atoms with Crippen molar-refractivity contribution in [3.05, 3.63) is 0 Å². The minimum Gasteiger partial charge on any atom is -0.326 e. The Morgan fingerprint density at radius 3 is 2.44 bits per heavy atom. The van der Waals surface area contributed by atoms with Crippen molar-refractivity contribution in [1.29, 1.82) is 0 Å². The SMILES string of the molecule is C#CCC(N)C12CC3CC(CC(C)(C3)C1)C2. The van der Waals surface area contributed by atoms with Gasteiger partial charge in [-0.15, -0.1) is 12.3 Å². The van der Waals surface area contributed by atoms with Crippen LogP contribution in [-0.4, -0.2) is 6.04 Å². The summed E-state index contributed by atoms with van der Waals surface area (Å²) in [7, 11) is 0. The molecular weight excluding hydrogens is 194 g/mol. The Hall–Kier alpha value is -0.480. The second-order valence-corrected chi connectivity index (χ2v) is 7.15. The first-order valence-corrected chi connectivity index (χ1v) is 6.74. The lowest BCUT2D eigenvalue weighted by Crippen LogP contribution is -2.57. The fourth-order valence-corrected chi connectivity index (χ4v) is 5.58. The van der Waals surface area contributed by atoms with E-state index in [1.165, 1.54) is 38.5 Å². The summed E-state index contributed by atoms with van der Waals surface area (Å²) in [5.41, 5.74) is 7.40. The molecule has 4 bridgehead atoms. The standard InChI is InChI=1S/C15H23N/c1-3-4-13(16)15-8-11-5-12(9-15)7-14(2,6-11)10-15/h1,11-13H,4-10,16H2,2H3. The molecule has 4 rings (SSSR count). The van der Waals surface area contributed by atoms with E-state index < -0.39 is 0 Å². The van der Waals surface area contributed by atoms with Crippen LogP contribution < -0.4 is 5.73 Å². The molecule has 0 radical (unpaired) electrons. The maximum Gasteiger partial charge on any atom is 0.0243 e. The van der Waals surface area contributed by atoms with E-state index in [0.29, 0.717) is 10.8 Å². The minimum atomic E-state index is 0.253. The van der Waals surface area contributed by atoms with Gasteiger partial charge in [-0.1, -0.05) is 6.92 Å². The van der Waals surface area contributed by atoms with Gasteiger partial charge >= 0.3 is 0 Å². The summed E-state index contributed by atoms with van der Waals surface area (Å²) in [6.07, 6.45) is 14.7. The van der Waals surface area contributed by atoms with Gasteiger partial charge in [-0.3, -0.25) is 0 Å². The lowest BCUT2D eigenvalue weighted by atomic mass is 9.43. The van der Waals surface area contributed by atoms with E-state index in [2.05, 4.69) is 12.8 Å². The molecule has 4 aliphatic rings. The molecule has 0 aromatic carbocycles. The summed E-state index contributed by atoms with van der Waals surface area (Å²) in [5.74, 6) is 4.69. The summed E-state index contributed by atoms with van der Waals surface area (Å²) >= 11 is 0. The summed E-state index contributed by atoms with van der Waals surface area (Å²) < 4.78 is 0. The van der Waals surface area contributed by atoms with Gasteiger partial charge in [-0.2, -0.15) is 0 Å². The Kier molecular flexibility index (Phi) is 2.17. The van der Waals surface area contributed by atoms with E-state index >= 15 is 0 Å². The molecule has 4 fully saturated rings. The molecule has 0 amide bonds. The third-order valence-corrected chi connectivity index (χ3v) is 5.52. The summed E-state index contributed by atoms with van der Waals surface area (Å²) in [4.78, 5) is 0. The van der Waals surface area contributed by atoms with Crippen LogP contribution in [0, 0.1) is 35.0 Å². The van der Waals surface area contributed by atoms with Gasteiger partial charge in [0, 0.05) is 12.5 Å². The fraction of sp³-hybridized carbons (Fsp3) is 0.867. The largest absolute Gasteiger partial charge is 0.326 e. The molecule has 1 nitrogen and oxygen atoms in total. The molecule has 0 aromatic heterocycles. The molecule has 0 saturated heterocycles. The van der Waals surface area contributed by atoms with E-state index in [4.69, 9.17) is 12.2 Å². The quantitative estimate of drug-likeness (QED) is 0.707. The van der Waals surface area contributed by atoms with E-state index in [1.807, 2.05) is 0 Å². The highest BCUT2D eigenvalue weighted by Crippen LogP contribution is 2.66. The van der Waals surface area contributed by atoms with Crippen molar-refractivity contribution in [2.24, 2.45) is 28.4 Å². The van der Waals surface area contributed by atoms with E-state index in [9.17, 15) is 0 Å². The normalized spacial score (nSPS) is 51.3. The van der Waals surface area contributed by atoms with Crippen LogP contribution in [0.1, 0.15) is 51.9 Å². The van der Waals surface area contributed by atoms with Crippen molar-refractivity contribution < 1.29 is 0 Å². The Balaban J connectivity index is 1.89. The molecule has 2 N–H and O–H groups in total. The van der Waals surface area contributed by atoms with E-state index in [0.717, 1.165) is 18.3 Å². The van der Waals surface area contributed by atoms with Gasteiger partial charge in [-0.05, 0) is 61.2 Å². The number of hydrogen-bond donors (Lipinski definition) is 1. The molecule has 4 aliphatic carbocycles. The molecule has 0 aromatic rings. The van der Waals surface area contributed by atoms with Crippen molar-refractivity contribution in [2.45, 2.75) is 57.9 Å². The molecular formula is C15H23N. The molecule has 0 aliphatic heterocycles. The van der Waals surface area contributed by atoms with Crippen LogP contribution in [0.4, 0.5) is 0 Å². The second-order valence-electron chi connectivity index (χ2n) is 7.15. The Morgan fingerprint density at radius 2 is 1.94 bits per heavy atom. The van der Waals surface area contributed by atoms with Gasteiger partial charge in [0.2, 0.25) is 0 Å². The van der Waals surface area contributed by atoms with Gasteiger partial charge < -0.3 is 5.73 Å². The molecule has 3 unspecified atom stereocenters. The van der Waals surface area contributed by atoms with Gasteiger partial charge in [0.25, 0.3) is 0 Å². The van der Waals surface area contributed by atoms with Crippen LogP contribution in [0.15, 0.2) is 0 Å². The number of hydrogen-bond acceptors (Lipinski definition) is 1. The van der Waals surface area contributed by atoms with Crippen molar-refractivity contribution in [3.8, 4) is 12.3 Å². The van der Waals surface area contributed by atoms with Gasteiger partial charge in [0.1, 0.15) is 0 Å². The van der Waals surface area contributed by atoms with Crippen LogP contribution in [0.2, 0.25) is 0 Å². The molecule has 88 valence electrons. The highest BCUT2D eigenvalue weighted by Gasteiger charge is 2.57. The smallest absolute Gasteiger partial charge is 0.0243 e.